The normalized spacial score (nSPS) is 11.4. The maximum Gasteiger partial charge on any atom is 0.0655 e. The van der Waals surface area contributed by atoms with Gasteiger partial charge in [-0.2, -0.15) is 0 Å². The fraction of sp³-hybridized carbons (Fsp3) is 0.133. The first kappa shape index (κ1) is 10.6. The lowest BCUT2D eigenvalue weighted by atomic mass is 10.1. The third kappa shape index (κ3) is 2.80. The van der Waals surface area contributed by atoms with Crippen molar-refractivity contribution in [3.63, 3.8) is 0 Å². The molecule has 1 heterocycles. The second-order valence-electron chi connectivity index (χ2n) is 3.79. The SMILES string of the molecule is CC(=CCc1ccccc1)c1ccccn1. The minimum Gasteiger partial charge on any atom is -0.257 e. The van der Waals surface area contributed by atoms with Gasteiger partial charge in [-0.1, -0.05) is 42.5 Å². The molecule has 0 atom stereocenters. The summed E-state index contributed by atoms with van der Waals surface area (Å²) in [5, 5.41) is 0. The van der Waals surface area contributed by atoms with E-state index in [1.54, 1.807) is 0 Å². The van der Waals surface area contributed by atoms with Crippen LogP contribution in [0.4, 0.5) is 0 Å². The molecule has 80 valence electrons. The first-order valence-corrected chi connectivity index (χ1v) is 5.48. The molecule has 0 N–H and O–H groups in total. The monoisotopic (exact) mass is 209 g/mol. The van der Waals surface area contributed by atoms with Crippen molar-refractivity contribution in [1.82, 2.24) is 4.98 Å². The van der Waals surface area contributed by atoms with Crippen LogP contribution in [0.25, 0.3) is 5.57 Å². The first-order valence-electron chi connectivity index (χ1n) is 5.48. The van der Waals surface area contributed by atoms with Gasteiger partial charge in [-0.05, 0) is 36.6 Å². The van der Waals surface area contributed by atoms with E-state index in [9.17, 15) is 0 Å². The van der Waals surface area contributed by atoms with E-state index in [0.29, 0.717) is 0 Å². The summed E-state index contributed by atoms with van der Waals surface area (Å²) in [7, 11) is 0. The number of rotatable bonds is 3. The van der Waals surface area contributed by atoms with Crippen LogP contribution in [0.3, 0.4) is 0 Å². The highest BCUT2D eigenvalue weighted by atomic mass is 14.7. The average molecular weight is 209 g/mol. The Bertz CT molecular complexity index is 457. The summed E-state index contributed by atoms with van der Waals surface area (Å²) in [6, 6.07) is 16.5. The van der Waals surface area contributed by atoms with Crippen molar-refractivity contribution in [3.05, 3.63) is 72.1 Å². The lowest BCUT2D eigenvalue weighted by Crippen LogP contribution is -1.86. The highest BCUT2D eigenvalue weighted by Crippen LogP contribution is 2.11. The lowest BCUT2D eigenvalue weighted by Gasteiger charge is -2.00. The molecule has 0 aliphatic carbocycles. The topological polar surface area (TPSA) is 12.9 Å². The van der Waals surface area contributed by atoms with Crippen LogP contribution in [-0.2, 0) is 6.42 Å². The van der Waals surface area contributed by atoms with Gasteiger partial charge in [-0.25, -0.2) is 0 Å². The Hall–Kier alpha value is -1.89. The Balaban J connectivity index is 2.09. The number of benzene rings is 1. The summed E-state index contributed by atoms with van der Waals surface area (Å²) in [5.41, 5.74) is 3.61. The Morgan fingerprint density at radius 1 is 1.06 bits per heavy atom. The van der Waals surface area contributed by atoms with E-state index in [1.807, 2.05) is 30.5 Å². The molecule has 0 bridgehead atoms. The van der Waals surface area contributed by atoms with Gasteiger partial charge in [0.25, 0.3) is 0 Å². The average Bonchev–Trinajstić information content (AvgIpc) is 2.38. The molecule has 0 aliphatic heterocycles. The van der Waals surface area contributed by atoms with Crippen molar-refractivity contribution in [3.8, 4) is 0 Å². The smallest absolute Gasteiger partial charge is 0.0655 e. The number of pyridine rings is 1. The zero-order valence-electron chi connectivity index (χ0n) is 9.43. The molecule has 0 fully saturated rings. The fourth-order valence-corrected chi connectivity index (χ4v) is 1.59. The summed E-state index contributed by atoms with van der Waals surface area (Å²) < 4.78 is 0. The van der Waals surface area contributed by atoms with E-state index < -0.39 is 0 Å². The van der Waals surface area contributed by atoms with E-state index in [0.717, 1.165) is 12.1 Å². The quantitative estimate of drug-likeness (QED) is 0.750. The predicted molar refractivity (Wildman–Crippen MR) is 68.0 cm³/mol. The number of hydrogen-bond donors (Lipinski definition) is 0. The van der Waals surface area contributed by atoms with Gasteiger partial charge in [0.1, 0.15) is 0 Å². The minimum absolute atomic E-state index is 0.962. The van der Waals surface area contributed by atoms with Crippen LogP contribution in [0.5, 0.6) is 0 Å². The molecule has 16 heavy (non-hydrogen) atoms. The van der Waals surface area contributed by atoms with Crippen molar-refractivity contribution >= 4 is 5.57 Å². The van der Waals surface area contributed by atoms with Gasteiger partial charge in [-0.15, -0.1) is 0 Å². The van der Waals surface area contributed by atoms with Gasteiger partial charge < -0.3 is 0 Å². The summed E-state index contributed by atoms with van der Waals surface area (Å²) >= 11 is 0. The number of aromatic nitrogens is 1. The zero-order valence-corrected chi connectivity index (χ0v) is 9.43. The standard InChI is InChI=1S/C15H15N/c1-13(15-9-5-6-12-16-15)10-11-14-7-3-2-4-8-14/h2-10,12H,11H2,1H3. The Morgan fingerprint density at radius 3 is 2.50 bits per heavy atom. The van der Waals surface area contributed by atoms with Gasteiger partial charge in [0.05, 0.1) is 5.69 Å². The van der Waals surface area contributed by atoms with Gasteiger partial charge in [0.15, 0.2) is 0 Å². The lowest BCUT2D eigenvalue weighted by molar-refractivity contribution is 1.23. The third-order valence-electron chi connectivity index (χ3n) is 2.56. The van der Waals surface area contributed by atoms with Crippen molar-refractivity contribution in [1.29, 1.82) is 0 Å². The highest BCUT2D eigenvalue weighted by Gasteiger charge is 1.95. The molecular weight excluding hydrogens is 194 g/mol. The molecule has 1 nitrogen and oxygen atoms in total. The molecule has 0 radical (unpaired) electrons. The van der Waals surface area contributed by atoms with Gasteiger partial charge >= 0.3 is 0 Å². The van der Waals surface area contributed by atoms with E-state index in [1.165, 1.54) is 11.1 Å². The number of hydrogen-bond acceptors (Lipinski definition) is 1. The second kappa shape index (κ2) is 5.26. The number of allylic oxidation sites excluding steroid dienone is 2. The molecule has 0 amide bonds. The van der Waals surface area contributed by atoms with Crippen molar-refractivity contribution in [2.45, 2.75) is 13.3 Å². The summed E-state index contributed by atoms with van der Waals surface area (Å²) in [5.74, 6) is 0. The first-order chi connectivity index (χ1) is 7.86. The second-order valence-corrected chi connectivity index (χ2v) is 3.79. The maximum absolute atomic E-state index is 4.32. The Labute approximate surface area is 96.5 Å². The minimum atomic E-state index is 0.962. The molecule has 2 aromatic rings. The van der Waals surface area contributed by atoms with Crippen LogP contribution in [-0.4, -0.2) is 4.98 Å². The molecule has 0 unspecified atom stereocenters. The summed E-state index contributed by atoms with van der Waals surface area (Å²) in [6.07, 6.45) is 5.01. The third-order valence-corrected chi connectivity index (χ3v) is 2.56. The molecule has 1 aromatic heterocycles. The molecule has 1 heteroatoms. The van der Waals surface area contributed by atoms with Crippen LogP contribution >= 0.6 is 0 Å². The molecule has 0 spiro atoms. The molecule has 1 aromatic carbocycles. The Morgan fingerprint density at radius 2 is 1.81 bits per heavy atom. The van der Waals surface area contributed by atoms with E-state index in [2.05, 4.69) is 42.2 Å². The largest absolute Gasteiger partial charge is 0.257 e. The maximum atomic E-state index is 4.32. The fourth-order valence-electron chi connectivity index (χ4n) is 1.59. The van der Waals surface area contributed by atoms with E-state index in [-0.39, 0.29) is 0 Å². The van der Waals surface area contributed by atoms with E-state index in [4.69, 9.17) is 0 Å². The Kier molecular flexibility index (Phi) is 3.50. The molecule has 0 saturated carbocycles. The van der Waals surface area contributed by atoms with Gasteiger partial charge in [-0.3, -0.25) is 4.98 Å². The molecule has 2 rings (SSSR count). The van der Waals surface area contributed by atoms with Crippen LogP contribution < -0.4 is 0 Å². The van der Waals surface area contributed by atoms with Crippen molar-refractivity contribution in [2.75, 3.05) is 0 Å². The van der Waals surface area contributed by atoms with Gasteiger partial charge in [0.2, 0.25) is 0 Å². The summed E-state index contributed by atoms with van der Waals surface area (Å²) in [4.78, 5) is 4.32. The predicted octanol–water partition coefficient (Wildman–Crippen LogP) is 3.73. The van der Waals surface area contributed by atoms with Crippen molar-refractivity contribution < 1.29 is 0 Å². The van der Waals surface area contributed by atoms with E-state index >= 15 is 0 Å². The van der Waals surface area contributed by atoms with Crippen LogP contribution in [0.1, 0.15) is 18.2 Å². The van der Waals surface area contributed by atoms with Crippen LogP contribution in [0.2, 0.25) is 0 Å². The van der Waals surface area contributed by atoms with Gasteiger partial charge in [0, 0.05) is 6.20 Å². The number of nitrogens with zero attached hydrogens (tertiary/aromatic N) is 1. The van der Waals surface area contributed by atoms with Crippen LogP contribution in [0, 0.1) is 0 Å². The van der Waals surface area contributed by atoms with Crippen molar-refractivity contribution in [2.24, 2.45) is 0 Å². The molecule has 0 aliphatic rings. The zero-order chi connectivity index (χ0) is 11.2. The molecular formula is C15H15N. The highest BCUT2D eigenvalue weighted by molar-refractivity contribution is 5.60. The van der Waals surface area contributed by atoms with Crippen LogP contribution in [0.15, 0.2) is 60.8 Å². The summed E-state index contributed by atoms with van der Waals surface area (Å²) in [6.45, 7) is 2.10. The molecule has 0 saturated heterocycles.